The third-order valence-corrected chi connectivity index (χ3v) is 4.89. The summed E-state index contributed by atoms with van der Waals surface area (Å²) in [6, 6.07) is 10.5. The maximum atomic E-state index is 12.1. The highest BCUT2D eigenvalue weighted by atomic mass is 16.2. The van der Waals surface area contributed by atoms with Gasteiger partial charge in [-0.1, -0.05) is 44.2 Å². The molecule has 3 rings (SSSR count). The normalized spacial score (nSPS) is 18.2. The fourth-order valence-electron chi connectivity index (χ4n) is 3.58. The van der Waals surface area contributed by atoms with Gasteiger partial charge >= 0.3 is 0 Å². The van der Waals surface area contributed by atoms with Gasteiger partial charge in [0.25, 0.3) is 0 Å². The average molecular weight is 354 g/mol. The van der Waals surface area contributed by atoms with Crippen molar-refractivity contribution in [2.75, 3.05) is 26.2 Å². The standard InChI is InChI=1S/C21H30N4O/c1-17(2)13-23-20(26)16-24-11-6-9-19(15-24)21-22-10-12-25(21)14-18-7-4-3-5-8-18/h3-5,7-8,10,12,17,19H,6,9,11,13-16H2,1-2H3,(H,23,26). The molecule has 0 bridgehead atoms. The van der Waals surface area contributed by atoms with Gasteiger partial charge in [0.1, 0.15) is 5.82 Å². The van der Waals surface area contributed by atoms with E-state index in [4.69, 9.17) is 0 Å². The van der Waals surface area contributed by atoms with E-state index >= 15 is 0 Å². The van der Waals surface area contributed by atoms with Gasteiger partial charge in [0.2, 0.25) is 5.91 Å². The molecule has 1 aliphatic heterocycles. The summed E-state index contributed by atoms with van der Waals surface area (Å²) < 4.78 is 2.25. The van der Waals surface area contributed by atoms with E-state index in [9.17, 15) is 4.79 Å². The molecular weight excluding hydrogens is 324 g/mol. The molecule has 1 unspecified atom stereocenters. The van der Waals surface area contributed by atoms with Crippen molar-refractivity contribution >= 4 is 5.91 Å². The largest absolute Gasteiger partial charge is 0.355 e. The van der Waals surface area contributed by atoms with E-state index < -0.39 is 0 Å². The second-order valence-electron chi connectivity index (χ2n) is 7.67. The van der Waals surface area contributed by atoms with Crippen molar-refractivity contribution in [1.82, 2.24) is 19.8 Å². The number of piperidine rings is 1. The molecule has 0 radical (unpaired) electrons. The molecule has 0 spiro atoms. The van der Waals surface area contributed by atoms with Crippen LogP contribution < -0.4 is 5.32 Å². The van der Waals surface area contributed by atoms with Crippen molar-refractivity contribution in [3.05, 3.63) is 54.1 Å². The van der Waals surface area contributed by atoms with Gasteiger partial charge in [-0.15, -0.1) is 0 Å². The number of hydrogen-bond donors (Lipinski definition) is 1. The predicted molar refractivity (Wildman–Crippen MR) is 104 cm³/mol. The van der Waals surface area contributed by atoms with Crippen LogP contribution in [-0.4, -0.2) is 46.5 Å². The van der Waals surface area contributed by atoms with Gasteiger partial charge in [0.05, 0.1) is 6.54 Å². The van der Waals surface area contributed by atoms with E-state index in [0.29, 0.717) is 18.4 Å². The Balaban J connectivity index is 1.60. The molecule has 2 aromatic rings. The molecule has 0 saturated carbocycles. The Labute approximate surface area is 156 Å². The first-order chi connectivity index (χ1) is 12.6. The minimum absolute atomic E-state index is 0.131. The summed E-state index contributed by atoms with van der Waals surface area (Å²) in [5.74, 6) is 2.15. The number of carbonyl (C=O) groups is 1. The Kier molecular flexibility index (Phi) is 6.45. The first kappa shape index (κ1) is 18.6. The number of carbonyl (C=O) groups excluding carboxylic acids is 1. The van der Waals surface area contributed by atoms with Gasteiger partial charge in [-0.25, -0.2) is 4.98 Å². The van der Waals surface area contributed by atoms with Crippen molar-refractivity contribution in [2.45, 2.75) is 39.2 Å². The molecule has 1 saturated heterocycles. The molecule has 1 aromatic heterocycles. The lowest BCUT2D eigenvalue weighted by molar-refractivity contribution is -0.122. The summed E-state index contributed by atoms with van der Waals surface area (Å²) >= 11 is 0. The van der Waals surface area contributed by atoms with Crippen LogP contribution in [0.25, 0.3) is 0 Å². The van der Waals surface area contributed by atoms with Gasteiger partial charge < -0.3 is 9.88 Å². The SMILES string of the molecule is CC(C)CNC(=O)CN1CCCC(c2nccn2Cc2ccccc2)C1. The third kappa shape index (κ3) is 5.18. The zero-order chi connectivity index (χ0) is 18.4. The summed E-state index contributed by atoms with van der Waals surface area (Å²) in [6.07, 6.45) is 6.21. The van der Waals surface area contributed by atoms with Crippen molar-refractivity contribution in [2.24, 2.45) is 5.92 Å². The van der Waals surface area contributed by atoms with Crippen LogP contribution in [0.2, 0.25) is 0 Å². The fraction of sp³-hybridized carbons (Fsp3) is 0.524. The highest BCUT2D eigenvalue weighted by molar-refractivity contribution is 5.78. The number of aromatic nitrogens is 2. The van der Waals surface area contributed by atoms with Gasteiger partial charge in [-0.05, 0) is 30.9 Å². The van der Waals surface area contributed by atoms with Gasteiger partial charge in [0, 0.05) is 37.9 Å². The molecule has 1 N–H and O–H groups in total. The molecule has 1 aliphatic rings. The van der Waals surface area contributed by atoms with Crippen molar-refractivity contribution in [1.29, 1.82) is 0 Å². The maximum absolute atomic E-state index is 12.1. The number of benzene rings is 1. The summed E-state index contributed by atoms with van der Waals surface area (Å²) in [7, 11) is 0. The van der Waals surface area contributed by atoms with E-state index in [-0.39, 0.29) is 5.91 Å². The summed E-state index contributed by atoms with van der Waals surface area (Å²) in [6.45, 7) is 8.21. The van der Waals surface area contributed by atoms with Crippen molar-refractivity contribution in [3.8, 4) is 0 Å². The van der Waals surface area contributed by atoms with Gasteiger partial charge in [-0.2, -0.15) is 0 Å². The number of nitrogens with one attached hydrogen (secondary N) is 1. The number of imidazole rings is 1. The van der Waals surface area contributed by atoms with E-state index in [1.54, 1.807) is 0 Å². The molecule has 1 fully saturated rings. The Bertz CT molecular complexity index is 695. The molecule has 5 nitrogen and oxygen atoms in total. The van der Waals surface area contributed by atoms with Crippen molar-refractivity contribution in [3.63, 3.8) is 0 Å². The van der Waals surface area contributed by atoms with Crippen LogP contribution in [-0.2, 0) is 11.3 Å². The second-order valence-corrected chi connectivity index (χ2v) is 7.67. The zero-order valence-electron chi connectivity index (χ0n) is 15.9. The monoisotopic (exact) mass is 354 g/mol. The average Bonchev–Trinajstić information content (AvgIpc) is 3.09. The number of hydrogen-bond acceptors (Lipinski definition) is 3. The Morgan fingerprint density at radius 1 is 1.31 bits per heavy atom. The van der Waals surface area contributed by atoms with Crippen LogP contribution in [0, 0.1) is 5.92 Å². The van der Waals surface area contributed by atoms with Crippen LogP contribution in [0.1, 0.15) is 44.0 Å². The summed E-state index contributed by atoms with van der Waals surface area (Å²) in [4.78, 5) is 19.1. The quantitative estimate of drug-likeness (QED) is 0.832. The molecule has 1 aromatic carbocycles. The topological polar surface area (TPSA) is 50.2 Å². The lowest BCUT2D eigenvalue weighted by Gasteiger charge is -2.32. The van der Waals surface area contributed by atoms with Gasteiger partial charge in [-0.3, -0.25) is 9.69 Å². The minimum atomic E-state index is 0.131. The van der Waals surface area contributed by atoms with E-state index in [2.05, 4.69) is 64.1 Å². The van der Waals surface area contributed by atoms with Crippen LogP contribution in [0.5, 0.6) is 0 Å². The number of amides is 1. The number of likely N-dealkylation sites (tertiary alicyclic amines) is 1. The molecule has 0 aliphatic carbocycles. The first-order valence-electron chi connectivity index (χ1n) is 9.66. The van der Waals surface area contributed by atoms with Gasteiger partial charge in [0.15, 0.2) is 0 Å². The lowest BCUT2D eigenvalue weighted by atomic mass is 9.97. The van der Waals surface area contributed by atoms with E-state index in [1.807, 2.05) is 12.3 Å². The number of rotatable bonds is 7. The molecule has 2 heterocycles. The Morgan fingerprint density at radius 2 is 2.12 bits per heavy atom. The van der Waals surface area contributed by atoms with Crippen molar-refractivity contribution < 1.29 is 4.79 Å². The first-order valence-corrected chi connectivity index (χ1v) is 9.66. The third-order valence-electron chi connectivity index (χ3n) is 4.89. The molecule has 5 heteroatoms. The molecule has 1 amide bonds. The second kappa shape index (κ2) is 8.99. The fourth-order valence-corrected chi connectivity index (χ4v) is 3.58. The predicted octanol–water partition coefficient (Wildman–Crippen LogP) is 2.88. The Hall–Kier alpha value is -2.14. The lowest BCUT2D eigenvalue weighted by Crippen LogP contribution is -2.43. The van der Waals surface area contributed by atoms with Crippen LogP contribution in [0.15, 0.2) is 42.7 Å². The number of nitrogens with zero attached hydrogens (tertiary/aromatic N) is 3. The van der Waals surface area contributed by atoms with E-state index in [1.165, 1.54) is 5.56 Å². The maximum Gasteiger partial charge on any atom is 0.234 e. The minimum Gasteiger partial charge on any atom is -0.355 e. The zero-order valence-corrected chi connectivity index (χ0v) is 15.9. The molecular formula is C21H30N4O. The summed E-state index contributed by atoms with van der Waals surface area (Å²) in [5.41, 5.74) is 1.28. The summed E-state index contributed by atoms with van der Waals surface area (Å²) in [5, 5.41) is 3.02. The van der Waals surface area contributed by atoms with Crippen LogP contribution in [0.4, 0.5) is 0 Å². The Morgan fingerprint density at radius 3 is 2.88 bits per heavy atom. The highest BCUT2D eigenvalue weighted by Gasteiger charge is 2.25. The van der Waals surface area contributed by atoms with Crippen LogP contribution in [0.3, 0.4) is 0 Å². The molecule has 140 valence electrons. The highest BCUT2D eigenvalue weighted by Crippen LogP contribution is 2.26. The van der Waals surface area contributed by atoms with Crippen LogP contribution >= 0.6 is 0 Å². The molecule has 26 heavy (non-hydrogen) atoms. The molecule has 1 atom stereocenters. The van der Waals surface area contributed by atoms with E-state index in [0.717, 1.165) is 44.8 Å². The smallest absolute Gasteiger partial charge is 0.234 e.